The van der Waals surface area contributed by atoms with E-state index in [1.807, 2.05) is 32.2 Å². The van der Waals surface area contributed by atoms with Crippen molar-refractivity contribution in [3.05, 3.63) is 42.4 Å². The maximum Gasteiger partial charge on any atom is 0.242 e. The highest BCUT2D eigenvalue weighted by Crippen LogP contribution is 2.07. The molecule has 2 aromatic heterocycles. The zero-order chi connectivity index (χ0) is 14.5. The van der Waals surface area contributed by atoms with Gasteiger partial charge in [0.2, 0.25) is 5.91 Å². The lowest BCUT2D eigenvalue weighted by atomic mass is 10.1. The lowest BCUT2D eigenvalue weighted by molar-refractivity contribution is -0.118. The number of nitrogens with one attached hydrogen (secondary N) is 1. The number of anilines is 1. The molecule has 2 heterocycles. The summed E-state index contributed by atoms with van der Waals surface area (Å²) in [4.78, 5) is 15.8. The third-order valence-corrected chi connectivity index (χ3v) is 3.01. The summed E-state index contributed by atoms with van der Waals surface area (Å²) in [6.45, 7) is 4.45. The summed E-state index contributed by atoms with van der Waals surface area (Å²) < 4.78 is 1.76. The molecule has 0 unspecified atom stereocenters. The van der Waals surface area contributed by atoms with Crippen LogP contribution in [0.1, 0.15) is 19.4 Å². The molecule has 0 saturated carbocycles. The number of nitrogens with two attached hydrogens (primary N) is 1. The average molecular weight is 273 g/mol. The molecule has 6 nitrogen and oxygen atoms in total. The highest BCUT2D eigenvalue weighted by atomic mass is 16.2. The fourth-order valence-electron chi connectivity index (χ4n) is 1.70. The van der Waals surface area contributed by atoms with Gasteiger partial charge in [-0.05, 0) is 23.6 Å². The number of carbonyl (C=O) groups is 1. The Morgan fingerprint density at radius 3 is 2.70 bits per heavy atom. The lowest BCUT2D eigenvalue weighted by Crippen LogP contribution is -2.39. The van der Waals surface area contributed by atoms with E-state index in [0.717, 1.165) is 5.56 Å². The van der Waals surface area contributed by atoms with Crippen LogP contribution < -0.4 is 11.1 Å². The second kappa shape index (κ2) is 6.29. The summed E-state index contributed by atoms with van der Waals surface area (Å²) >= 11 is 0. The highest BCUT2D eigenvalue weighted by Gasteiger charge is 2.17. The predicted molar refractivity (Wildman–Crippen MR) is 77.0 cm³/mol. The number of nitrogens with zero attached hydrogens (tertiary/aromatic N) is 3. The molecule has 0 aromatic carbocycles. The van der Waals surface area contributed by atoms with Crippen LogP contribution in [0.3, 0.4) is 0 Å². The quantitative estimate of drug-likeness (QED) is 0.858. The van der Waals surface area contributed by atoms with Crippen LogP contribution in [0.5, 0.6) is 0 Å². The van der Waals surface area contributed by atoms with Gasteiger partial charge < -0.3 is 11.1 Å². The van der Waals surface area contributed by atoms with Crippen molar-refractivity contribution in [1.82, 2.24) is 14.8 Å². The predicted octanol–water partition coefficient (Wildman–Crippen LogP) is 1.25. The van der Waals surface area contributed by atoms with Crippen molar-refractivity contribution in [2.45, 2.75) is 26.4 Å². The van der Waals surface area contributed by atoms with Gasteiger partial charge in [0.25, 0.3) is 0 Å². The van der Waals surface area contributed by atoms with Crippen molar-refractivity contribution in [2.75, 3.05) is 5.32 Å². The smallest absolute Gasteiger partial charge is 0.242 e. The molecule has 0 saturated heterocycles. The molecule has 0 fully saturated rings. The zero-order valence-electron chi connectivity index (χ0n) is 11.7. The molecule has 1 atom stereocenters. The maximum absolute atomic E-state index is 11.8. The van der Waals surface area contributed by atoms with Crippen LogP contribution in [-0.2, 0) is 11.3 Å². The Balaban J connectivity index is 1.97. The van der Waals surface area contributed by atoms with E-state index in [0.29, 0.717) is 12.4 Å². The lowest BCUT2D eigenvalue weighted by Gasteiger charge is -2.13. The zero-order valence-corrected chi connectivity index (χ0v) is 11.7. The van der Waals surface area contributed by atoms with E-state index in [2.05, 4.69) is 15.4 Å². The Morgan fingerprint density at radius 2 is 2.05 bits per heavy atom. The number of pyridine rings is 1. The van der Waals surface area contributed by atoms with Crippen LogP contribution in [0.25, 0.3) is 0 Å². The van der Waals surface area contributed by atoms with Gasteiger partial charge in [0.15, 0.2) is 5.82 Å². The molecule has 20 heavy (non-hydrogen) atoms. The summed E-state index contributed by atoms with van der Waals surface area (Å²) in [7, 11) is 0. The largest absolute Gasteiger partial charge is 0.320 e. The highest BCUT2D eigenvalue weighted by molar-refractivity contribution is 5.93. The van der Waals surface area contributed by atoms with Gasteiger partial charge in [-0.2, -0.15) is 5.10 Å². The molecule has 0 aliphatic heterocycles. The third-order valence-electron chi connectivity index (χ3n) is 3.01. The minimum Gasteiger partial charge on any atom is -0.320 e. The van der Waals surface area contributed by atoms with Gasteiger partial charge in [0.05, 0.1) is 12.6 Å². The number of amides is 1. The molecular formula is C14H19N5O. The summed E-state index contributed by atoms with van der Waals surface area (Å²) in [6, 6.07) is 5.08. The van der Waals surface area contributed by atoms with E-state index >= 15 is 0 Å². The molecule has 0 aliphatic rings. The molecule has 2 aromatic rings. The molecule has 1 amide bonds. The fourth-order valence-corrected chi connectivity index (χ4v) is 1.70. The first kappa shape index (κ1) is 14.2. The van der Waals surface area contributed by atoms with Crippen molar-refractivity contribution < 1.29 is 4.79 Å². The summed E-state index contributed by atoms with van der Waals surface area (Å²) in [5.74, 6) is 0.392. The molecule has 0 radical (unpaired) electrons. The summed E-state index contributed by atoms with van der Waals surface area (Å²) in [5.41, 5.74) is 6.88. The first-order valence-electron chi connectivity index (χ1n) is 6.55. The van der Waals surface area contributed by atoms with Crippen LogP contribution in [-0.4, -0.2) is 26.7 Å². The van der Waals surface area contributed by atoms with Crippen LogP contribution in [0.2, 0.25) is 0 Å². The number of hydrogen-bond donors (Lipinski definition) is 2. The van der Waals surface area contributed by atoms with Crippen molar-refractivity contribution in [3.63, 3.8) is 0 Å². The molecule has 6 heteroatoms. The fraction of sp³-hybridized carbons (Fsp3) is 0.357. The third kappa shape index (κ3) is 3.64. The van der Waals surface area contributed by atoms with Crippen molar-refractivity contribution in [1.29, 1.82) is 0 Å². The molecular weight excluding hydrogens is 254 g/mol. The molecule has 0 bridgehead atoms. The van der Waals surface area contributed by atoms with E-state index in [1.54, 1.807) is 23.1 Å². The molecule has 3 N–H and O–H groups in total. The average Bonchev–Trinajstić information content (AvgIpc) is 2.86. The topological polar surface area (TPSA) is 85.8 Å². The van der Waals surface area contributed by atoms with E-state index < -0.39 is 6.04 Å². The van der Waals surface area contributed by atoms with Crippen molar-refractivity contribution in [3.8, 4) is 0 Å². The number of rotatable bonds is 5. The van der Waals surface area contributed by atoms with E-state index in [4.69, 9.17) is 5.73 Å². The number of aromatic nitrogens is 3. The maximum atomic E-state index is 11.8. The van der Waals surface area contributed by atoms with Crippen molar-refractivity contribution >= 4 is 11.7 Å². The van der Waals surface area contributed by atoms with Crippen LogP contribution in [0.15, 0.2) is 36.8 Å². The Labute approximate surface area is 118 Å². The van der Waals surface area contributed by atoms with Gasteiger partial charge >= 0.3 is 0 Å². The first-order chi connectivity index (χ1) is 9.56. The van der Waals surface area contributed by atoms with E-state index in [9.17, 15) is 4.79 Å². The standard InChI is InChI=1S/C14H19N5O/c1-10(2)13(15)14(20)17-12-5-8-19(18-12)9-11-3-6-16-7-4-11/h3-8,10,13H,9,15H2,1-2H3,(H,17,18,20)/t13-/m0/s1. The SMILES string of the molecule is CC(C)[C@H](N)C(=O)Nc1ccn(Cc2ccncc2)n1. The second-order valence-corrected chi connectivity index (χ2v) is 5.01. The monoisotopic (exact) mass is 273 g/mol. The van der Waals surface area contributed by atoms with Crippen LogP contribution >= 0.6 is 0 Å². The summed E-state index contributed by atoms with van der Waals surface area (Å²) in [6.07, 6.45) is 5.29. The first-order valence-corrected chi connectivity index (χ1v) is 6.55. The number of carbonyl (C=O) groups excluding carboxylic acids is 1. The number of hydrogen-bond acceptors (Lipinski definition) is 4. The molecule has 2 rings (SSSR count). The molecule has 0 spiro atoms. The Hall–Kier alpha value is -2.21. The van der Waals surface area contributed by atoms with Gasteiger partial charge in [-0.3, -0.25) is 14.5 Å². The second-order valence-electron chi connectivity index (χ2n) is 5.01. The minimum absolute atomic E-state index is 0.0916. The van der Waals surface area contributed by atoms with Crippen LogP contribution in [0.4, 0.5) is 5.82 Å². The Morgan fingerprint density at radius 1 is 1.35 bits per heavy atom. The van der Waals surface area contributed by atoms with Gasteiger partial charge in [0.1, 0.15) is 0 Å². The molecule has 106 valence electrons. The van der Waals surface area contributed by atoms with Crippen LogP contribution in [0, 0.1) is 5.92 Å². The van der Waals surface area contributed by atoms with Crippen molar-refractivity contribution in [2.24, 2.45) is 11.7 Å². The Kier molecular flexibility index (Phi) is 4.47. The van der Waals surface area contributed by atoms with E-state index in [1.165, 1.54) is 0 Å². The van der Waals surface area contributed by atoms with Gasteiger partial charge in [-0.15, -0.1) is 0 Å². The van der Waals surface area contributed by atoms with E-state index in [-0.39, 0.29) is 11.8 Å². The normalized spacial score (nSPS) is 12.4. The van der Waals surface area contributed by atoms with Gasteiger partial charge in [0, 0.05) is 24.7 Å². The minimum atomic E-state index is -0.527. The van der Waals surface area contributed by atoms with Gasteiger partial charge in [-0.25, -0.2) is 0 Å². The van der Waals surface area contributed by atoms with Gasteiger partial charge in [-0.1, -0.05) is 13.8 Å². The Bertz CT molecular complexity index is 564. The molecule has 0 aliphatic carbocycles. The summed E-state index contributed by atoms with van der Waals surface area (Å²) in [5, 5.41) is 7.02.